The summed E-state index contributed by atoms with van der Waals surface area (Å²) in [7, 11) is 0. The van der Waals surface area contributed by atoms with E-state index in [1.807, 2.05) is 20.8 Å². The quantitative estimate of drug-likeness (QED) is 0.468. The Kier molecular flexibility index (Phi) is 7.90. The molecule has 144 valence electrons. The summed E-state index contributed by atoms with van der Waals surface area (Å²) in [5.74, 6) is 0.379. The first-order valence-corrected chi connectivity index (χ1v) is 9.69. The number of halogens is 2. The van der Waals surface area contributed by atoms with Crippen molar-refractivity contribution in [2.75, 3.05) is 11.9 Å². The summed E-state index contributed by atoms with van der Waals surface area (Å²) in [6.45, 7) is 6.42. The lowest BCUT2D eigenvalue weighted by molar-refractivity contribution is -0.119. The molecule has 2 rings (SSSR count). The van der Waals surface area contributed by atoms with Crippen molar-refractivity contribution in [1.82, 2.24) is 5.32 Å². The summed E-state index contributed by atoms with van der Waals surface area (Å²) in [5.41, 5.74) is 4.27. The number of aryl methyl sites for hydroxylation is 3. The second-order valence-electron chi connectivity index (χ2n) is 6.30. The number of thiocarbonyl (C=S) groups is 1. The summed E-state index contributed by atoms with van der Waals surface area (Å²) < 4.78 is 5.57. The van der Waals surface area contributed by atoms with Crippen molar-refractivity contribution in [3.63, 3.8) is 0 Å². The second kappa shape index (κ2) is 9.93. The number of carbonyl (C=O) groups is 1. The summed E-state index contributed by atoms with van der Waals surface area (Å²) in [6, 6.07) is 9.16. The molecule has 0 bridgehead atoms. The maximum Gasteiger partial charge on any atom is 0.226 e. The molecule has 2 aromatic rings. The van der Waals surface area contributed by atoms with Crippen molar-refractivity contribution >= 4 is 52.1 Å². The molecule has 0 heterocycles. The molecule has 1 amide bonds. The van der Waals surface area contributed by atoms with E-state index in [0.29, 0.717) is 35.2 Å². The van der Waals surface area contributed by atoms with E-state index >= 15 is 0 Å². The normalized spacial score (nSPS) is 10.4. The van der Waals surface area contributed by atoms with Crippen LogP contribution in [-0.2, 0) is 4.79 Å². The number of hydrogen-bond donors (Lipinski definition) is 2. The van der Waals surface area contributed by atoms with Crippen LogP contribution in [-0.4, -0.2) is 17.6 Å². The van der Waals surface area contributed by atoms with E-state index in [1.54, 1.807) is 18.2 Å². The molecule has 0 atom stereocenters. The molecule has 0 aliphatic rings. The highest BCUT2D eigenvalue weighted by Crippen LogP contribution is 2.27. The van der Waals surface area contributed by atoms with Gasteiger partial charge in [0.15, 0.2) is 5.11 Å². The van der Waals surface area contributed by atoms with E-state index in [9.17, 15) is 4.79 Å². The zero-order chi connectivity index (χ0) is 20.0. The van der Waals surface area contributed by atoms with Crippen LogP contribution in [0.3, 0.4) is 0 Å². The minimum absolute atomic E-state index is 0.166. The maximum absolute atomic E-state index is 12.1. The lowest BCUT2D eigenvalue weighted by Crippen LogP contribution is -2.34. The zero-order valence-corrected chi connectivity index (χ0v) is 17.8. The molecule has 0 aliphatic heterocycles. The minimum Gasteiger partial charge on any atom is -0.492 e. The summed E-state index contributed by atoms with van der Waals surface area (Å²) in [6.07, 6.45) is 0.828. The average molecular weight is 425 g/mol. The number of rotatable bonds is 6. The first kappa shape index (κ1) is 21.5. The highest BCUT2D eigenvalue weighted by molar-refractivity contribution is 7.80. The van der Waals surface area contributed by atoms with Gasteiger partial charge in [-0.2, -0.15) is 0 Å². The second-order valence-corrected chi connectivity index (χ2v) is 7.55. The van der Waals surface area contributed by atoms with E-state index in [0.717, 1.165) is 16.8 Å². The molecule has 0 fully saturated rings. The van der Waals surface area contributed by atoms with Gasteiger partial charge in [-0.25, -0.2) is 0 Å². The average Bonchev–Trinajstić information content (AvgIpc) is 2.56. The molecule has 0 aliphatic carbocycles. The Hall–Kier alpha value is -1.82. The number of anilines is 1. The minimum atomic E-state index is -0.166. The highest BCUT2D eigenvalue weighted by atomic mass is 35.5. The van der Waals surface area contributed by atoms with Crippen LogP contribution >= 0.6 is 35.4 Å². The number of ether oxygens (including phenoxy) is 1. The third kappa shape index (κ3) is 6.69. The van der Waals surface area contributed by atoms with Crippen molar-refractivity contribution in [3.8, 4) is 5.75 Å². The van der Waals surface area contributed by atoms with E-state index in [4.69, 9.17) is 40.2 Å². The topological polar surface area (TPSA) is 50.4 Å². The van der Waals surface area contributed by atoms with Gasteiger partial charge >= 0.3 is 0 Å². The fourth-order valence-electron chi connectivity index (χ4n) is 2.72. The molecule has 2 N–H and O–H groups in total. The number of benzene rings is 2. The Labute approximate surface area is 175 Å². The van der Waals surface area contributed by atoms with Crippen LogP contribution in [0.4, 0.5) is 5.69 Å². The molecule has 4 nitrogen and oxygen atoms in total. The van der Waals surface area contributed by atoms with Gasteiger partial charge in [0, 0.05) is 17.1 Å². The van der Waals surface area contributed by atoms with Gasteiger partial charge in [0.25, 0.3) is 0 Å². The molecule has 0 spiro atoms. The molecule has 2 aromatic carbocycles. The Morgan fingerprint density at radius 1 is 1.11 bits per heavy atom. The van der Waals surface area contributed by atoms with E-state index in [1.165, 1.54) is 5.56 Å². The number of hydrogen-bond acceptors (Lipinski definition) is 3. The Balaban J connectivity index is 1.76. The van der Waals surface area contributed by atoms with Crippen LogP contribution in [0.1, 0.15) is 29.5 Å². The van der Waals surface area contributed by atoms with Gasteiger partial charge in [-0.1, -0.05) is 40.9 Å². The van der Waals surface area contributed by atoms with E-state index in [-0.39, 0.29) is 11.0 Å². The molecule has 0 saturated heterocycles. The first-order valence-electron chi connectivity index (χ1n) is 8.53. The summed E-state index contributed by atoms with van der Waals surface area (Å²) in [4.78, 5) is 12.1. The maximum atomic E-state index is 12.1. The fraction of sp³-hybridized carbons (Fsp3) is 0.300. The van der Waals surface area contributed by atoms with Crippen LogP contribution in [0.15, 0.2) is 30.3 Å². The van der Waals surface area contributed by atoms with Gasteiger partial charge in [0.05, 0.1) is 11.6 Å². The van der Waals surface area contributed by atoms with Crippen molar-refractivity contribution in [3.05, 3.63) is 57.1 Å². The number of carbonyl (C=O) groups excluding carboxylic acids is 1. The van der Waals surface area contributed by atoms with Crippen molar-refractivity contribution in [1.29, 1.82) is 0 Å². The molecule has 0 saturated carbocycles. The summed E-state index contributed by atoms with van der Waals surface area (Å²) >= 11 is 17.1. The van der Waals surface area contributed by atoms with Gasteiger partial charge in [-0.15, -0.1) is 0 Å². The monoisotopic (exact) mass is 424 g/mol. The van der Waals surface area contributed by atoms with Gasteiger partial charge in [0.1, 0.15) is 5.75 Å². The largest absolute Gasteiger partial charge is 0.492 e. The van der Waals surface area contributed by atoms with E-state index in [2.05, 4.69) is 22.8 Å². The molecular weight excluding hydrogens is 403 g/mol. The predicted molar refractivity (Wildman–Crippen MR) is 116 cm³/mol. The molecule has 0 aromatic heterocycles. The third-order valence-electron chi connectivity index (χ3n) is 3.87. The highest BCUT2D eigenvalue weighted by Gasteiger charge is 2.09. The Morgan fingerprint density at radius 3 is 2.41 bits per heavy atom. The van der Waals surface area contributed by atoms with Crippen molar-refractivity contribution in [2.45, 2.75) is 33.6 Å². The third-order valence-corrected chi connectivity index (χ3v) is 4.60. The van der Waals surface area contributed by atoms with Crippen molar-refractivity contribution < 1.29 is 9.53 Å². The van der Waals surface area contributed by atoms with Crippen LogP contribution < -0.4 is 15.4 Å². The number of amides is 1. The lowest BCUT2D eigenvalue weighted by atomic mass is 10.1. The molecule has 7 heteroatoms. The molecular formula is C20H22Cl2N2O2S. The van der Waals surface area contributed by atoms with Crippen LogP contribution in [0, 0.1) is 20.8 Å². The lowest BCUT2D eigenvalue weighted by Gasteiger charge is -2.15. The standard InChI is InChI=1S/C20H22Cl2N2O2S/c1-12-9-13(2)19(14(3)10-12)24-20(27)23-18(25)5-4-8-26-17-7-6-15(21)11-16(17)22/h6-7,9-11H,4-5,8H2,1-3H3,(H2,23,24,25,27). The van der Waals surface area contributed by atoms with Crippen LogP contribution in [0.25, 0.3) is 0 Å². The fourth-order valence-corrected chi connectivity index (χ4v) is 3.40. The van der Waals surface area contributed by atoms with Gasteiger partial charge in [-0.05, 0) is 68.7 Å². The van der Waals surface area contributed by atoms with Gasteiger partial charge in [-0.3, -0.25) is 4.79 Å². The summed E-state index contributed by atoms with van der Waals surface area (Å²) in [5, 5.41) is 7.08. The Morgan fingerprint density at radius 2 is 1.78 bits per heavy atom. The van der Waals surface area contributed by atoms with Gasteiger partial charge < -0.3 is 15.4 Å². The molecule has 27 heavy (non-hydrogen) atoms. The van der Waals surface area contributed by atoms with E-state index < -0.39 is 0 Å². The van der Waals surface area contributed by atoms with Crippen molar-refractivity contribution in [2.24, 2.45) is 0 Å². The number of nitrogens with one attached hydrogen (secondary N) is 2. The SMILES string of the molecule is Cc1cc(C)c(NC(=S)NC(=O)CCCOc2ccc(Cl)cc2Cl)c(C)c1. The first-order chi connectivity index (χ1) is 12.8. The smallest absolute Gasteiger partial charge is 0.226 e. The molecule has 0 radical (unpaired) electrons. The zero-order valence-electron chi connectivity index (χ0n) is 15.5. The predicted octanol–water partition coefficient (Wildman–Crippen LogP) is 5.59. The Bertz CT molecular complexity index is 833. The molecule has 0 unspecified atom stereocenters. The van der Waals surface area contributed by atoms with Crippen LogP contribution in [0.5, 0.6) is 5.75 Å². The van der Waals surface area contributed by atoms with Gasteiger partial charge in [0.2, 0.25) is 5.91 Å². The van der Waals surface area contributed by atoms with Crippen LogP contribution in [0.2, 0.25) is 10.0 Å².